The Morgan fingerprint density at radius 1 is 1.13 bits per heavy atom. The zero-order valence-corrected chi connectivity index (χ0v) is 9.71. The van der Waals surface area contributed by atoms with Crippen molar-refractivity contribution in [3.8, 4) is 0 Å². The Hall–Kier alpha value is -0.120. The minimum Gasteiger partial charge on any atom is -0.381 e. The van der Waals surface area contributed by atoms with Crippen LogP contribution in [0.2, 0.25) is 0 Å². The largest absolute Gasteiger partial charge is 0.381 e. The first kappa shape index (κ1) is 11.4. The number of rotatable bonds is 3. The molecule has 2 atom stereocenters. The van der Waals surface area contributed by atoms with E-state index >= 15 is 0 Å². The van der Waals surface area contributed by atoms with Crippen LogP contribution >= 0.6 is 0 Å². The number of hydrogen-bond donors (Lipinski definition) is 1. The van der Waals surface area contributed by atoms with E-state index in [-0.39, 0.29) is 0 Å². The summed E-state index contributed by atoms with van der Waals surface area (Å²) >= 11 is 0. The van der Waals surface area contributed by atoms with E-state index in [2.05, 4.69) is 12.2 Å². The third-order valence-corrected chi connectivity index (χ3v) is 3.60. The normalized spacial score (nSPS) is 34.2. The Bertz CT molecular complexity index is 178. The quantitative estimate of drug-likeness (QED) is 0.772. The van der Waals surface area contributed by atoms with Crippen molar-refractivity contribution in [2.45, 2.75) is 44.8 Å². The van der Waals surface area contributed by atoms with E-state index < -0.39 is 0 Å². The lowest BCUT2D eigenvalue weighted by Crippen LogP contribution is -2.42. The summed E-state index contributed by atoms with van der Waals surface area (Å²) in [5.41, 5.74) is 0. The predicted molar refractivity (Wildman–Crippen MR) is 60.0 cm³/mol. The van der Waals surface area contributed by atoms with Crippen molar-refractivity contribution in [2.24, 2.45) is 5.92 Å². The molecule has 0 aromatic carbocycles. The molecule has 2 heterocycles. The van der Waals surface area contributed by atoms with Crippen molar-refractivity contribution in [1.29, 1.82) is 0 Å². The van der Waals surface area contributed by atoms with Crippen LogP contribution in [0, 0.1) is 5.92 Å². The van der Waals surface area contributed by atoms with E-state index in [1.165, 1.54) is 25.7 Å². The first-order chi connectivity index (χ1) is 7.40. The zero-order valence-electron chi connectivity index (χ0n) is 9.71. The molecule has 2 fully saturated rings. The summed E-state index contributed by atoms with van der Waals surface area (Å²) in [5, 5.41) is 3.54. The molecule has 0 spiro atoms. The van der Waals surface area contributed by atoms with Crippen molar-refractivity contribution in [1.82, 2.24) is 5.32 Å². The molecule has 0 radical (unpaired) electrons. The molecule has 0 aliphatic carbocycles. The summed E-state index contributed by atoms with van der Waals surface area (Å²) in [5.74, 6) is 0.736. The fourth-order valence-electron chi connectivity index (χ4n) is 2.72. The van der Waals surface area contributed by atoms with Crippen molar-refractivity contribution in [3.05, 3.63) is 0 Å². The molecule has 1 N–H and O–H groups in total. The summed E-state index contributed by atoms with van der Waals surface area (Å²) in [6, 6.07) is 0.677. The standard InChI is InChI=1S/C12H23NO2/c1-2-13-11-5-8-15-12(9-11)10-3-6-14-7-4-10/h10-13H,2-9H2,1H3. The Balaban J connectivity index is 1.80. The van der Waals surface area contributed by atoms with Crippen molar-refractivity contribution < 1.29 is 9.47 Å². The zero-order chi connectivity index (χ0) is 10.5. The van der Waals surface area contributed by atoms with Gasteiger partial charge in [-0.1, -0.05) is 6.92 Å². The molecule has 88 valence electrons. The molecule has 2 aliphatic heterocycles. The minimum atomic E-state index is 0.478. The van der Waals surface area contributed by atoms with Crippen LogP contribution in [0.3, 0.4) is 0 Å². The topological polar surface area (TPSA) is 30.5 Å². The predicted octanol–water partition coefficient (Wildman–Crippen LogP) is 1.57. The molecule has 0 saturated carbocycles. The molecule has 0 aromatic rings. The average molecular weight is 213 g/mol. The van der Waals surface area contributed by atoms with Crippen LogP contribution in [0.25, 0.3) is 0 Å². The molecule has 15 heavy (non-hydrogen) atoms. The lowest BCUT2D eigenvalue weighted by molar-refractivity contribution is -0.0636. The summed E-state index contributed by atoms with van der Waals surface area (Å²) < 4.78 is 11.3. The molecule has 0 aromatic heterocycles. The van der Waals surface area contributed by atoms with Crippen LogP contribution in [0.15, 0.2) is 0 Å². The number of nitrogens with one attached hydrogen (secondary N) is 1. The van der Waals surface area contributed by atoms with E-state index in [1.54, 1.807) is 0 Å². The number of hydrogen-bond acceptors (Lipinski definition) is 3. The lowest BCUT2D eigenvalue weighted by Gasteiger charge is -2.36. The Kier molecular flexibility index (Phi) is 4.42. The molecule has 0 amide bonds. The number of ether oxygens (including phenoxy) is 2. The molecule has 3 heteroatoms. The van der Waals surface area contributed by atoms with Gasteiger partial charge in [0.05, 0.1) is 6.10 Å². The van der Waals surface area contributed by atoms with Gasteiger partial charge in [0, 0.05) is 25.9 Å². The summed E-state index contributed by atoms with van der Waals surface area (Å²) in [6.45, 7) is 6.04. The molecule has 2 saturated heterocycles. The molecule has 2 rings (SSSR count). The van der Waals surface area contributed by atoms with Gasteiger partial charge in [-0.15, -0.1) is 0 Å². The smallest absolute Gasteiger partial charge is 0.0619 e. The van der Waals surface area contributed by atoms with Crippen LogP contribution in [0.1, 0.15) is 32.6 Å². The van der Waals surface area contributed by atoms with E-state index in [0.717, 1.165) is 32.3 Å². The van der Waals surface area contributed by atoms with Crippen LogP contribution in [0.4, 0.5) is 0 Å². The van der Waals surface area contributed by atoms with Crippen LogP contribution in [0.5, 0.6) is 0 Å². The monoisotopic (exact) mass is 213 g/mol. The highest BCUT2D eigenvalue weighted by Gasteiger charge is 2.29. The van der Waals surface area contributed by atoms with Gasteiger partial charge in [0.25, 0.3) is 0 Å². The van der Waals surface area contributed by atoms with Crippen LogP contribution < -0.4 is 5.32 Å². The molecule has 3 nitrogen and oxygen atoms in total. The van der Waals surface area contributed by atoms with Crippen LogP contribution in [-0.2, 0) is 9.47 Å². The maximum Gasteiger partial charge on any atom is 0.0619 e. The van der Waals surface area contributed by atoms with Gasteiger partial charge in [-0.2, -0.15) is 0 Å². The Labute approximate surface area is 92.5 Å². The highest BCUT2D eigenvalue weighted by Crippen LogP contribution is 2.27. The van der Waals surface area contributed by atoms with Crippen LogP contribution in [-0.4, -0.2) is 38.5 Å². The van der Waals surface area contributed by atoms with Gasteiger partial charge in [0.15, 0.2) is 0 Å². The summed E-state index contributed by atoms with van der Waals surface area (Å²) in [7, 11) is 0. The van der Waals surface area contributed by atoms with Crippen molar-refractivity contribution in [2.75, 3.05) is 26.4 Å². The molecular formula is C12H23NO2. The van der Waals surface area contributed by atoms with E-state index in [0.29, 0.717) is 12.1 Å². The second-order valence-corrected chi connectivity index (χ2v) is 4.64. The molecule has 0 bridgehead atoms. The fraction of sp³-hybridized carbons (Fsp3) is 1.00. The maximum atomic E-state index is 5.90. The Morgan fingerprint density at radius 2 is 1.93 bits per heavy atom. The summed E-state index contributed by atoms with van der Waals surface area (Å²) in [6.07, 6.45) is 5.21. The van der Waals surface area contributed by atoms with E-state index in [4.69, 9.17) is 9.47 Å². The lowest BCUT2D eigenvalue weighted by atomic mass is 9.87. The van der Waals surface area contributed by atoms with Crippen molar-refractivity contribution >= 4 is 0 Å². The average Bonchev–Trinajstić information content (AvgIpc) is 2.31. The SMILES string of the molecule is CCNC1CCOC(C2CCOCC2)C1. The van der Waals surface area contributed by atoms with Gasteiger partial charge < -0.3 is 14.8 Å². The van der Waals surface area contributed by atoms with Gasteiger partial charge in [0.2, 0.25) is 0 Å². The third kappa shape index (κ3) is 3.16. The third-order valence-electron chi connectivity index (χ3n) is 3.60. The van der Waals surface area contributed by atoms with Gasteiger partial charge in [-0.3, -0.25) is 0 Å². The highest BCUT2D eigenvalue weighted by atomic mass is 16.5. The van der Waals surface area contributed by atoms with E-state index in [1.807, 2.05) is 0 Å². The fourth-order valence-corrected chi connectivity index (χ4v) is 2.72. The summed E-state index contributed by atoms with van der Waals surface area (Å²) in [4.78, 5) is 0. The van der Waals surface area contributed by atoms with Gasteiger partial charge in [0.1, 0.15) is 0 Å². The second-order valence-electron chi connectivity index (χ2n) is 4.64. The van der Waals surface area contributed by atoms with Gasteiger partial charge in [-0.05, 0) is 38.1 Å². The Morgan fingerprint density at radius 3 is 2.67 bits per heavy atom. The van der Waals surface area contributed by atoms with Gasteiger partial charge >= 0.3 is 0 Å². The maximum absolute atomic E-state index is 5.90. The second kappa shape index (κ2) is 5.83. The highest BCUT2D eigenvalue weighted by molar-refractivity contribution is 4.82. The molecule has 2 unspecified atom stereocenters. The first-order valence-corrected chi connectivity index (χ1v) is 6.33. The molecule has 2 aliphatic rings. The van der Waals surface area contributed by atoms with Gasteiger partial charge in [-0.25, -0.2) is 0 Å². The molecular weight excluding hydrogens is 190 g/mol. The van der Waals surface area contributed by atoms with E-state index in [9.17, 15) is 0 Å². The van der Waals surface area contributed by atoms with Crippen molar-refractivity contribution in [3.63, 3.8) is 0 Å². The first-order valence-electron chi connectivity index (χ1n) is 6.33. The minimum absolute atomic E-state index is 0.478.